The molecular formula is C23H21Cl2N5. The van der Waals surface area contributed by atoms with E-state index in [2.05, 4.69) is 27.0 Å². The van der Waals surface area contributed by atoms with Crippen molar-refractivity contribution in [3.05, 3.63) is 87.7 Å². The van der Waals surface area contributed by atoms with Gasteiger partial charge < -0.3 is 4.98 Å². The number of pyridine rings is 2. The van der Waals surface area contributed by atoms with Gasteiger partial charge in [-0.2, -0.15) is 0 Å². The zero-order valence-electron chi connectivity index (χ0n) is 16.4. The van der Waals surface area contributed by atoms with E-state index in [0.717, 1.165) is 47.4 Å². The van der Waals surface area contributed by atoms with E-state index >= 15 is 0 Å². The molecule has 1 aliphatic rings. The lowest BCUT2D eigenvalue weighted by molar-refractivity contribution is 0.153. The Bertz CT molecular complexity index is 1140. The van der Waals surface area contributed by atoms with Crippen molar-refractivity contribution >= 4 is 34.2 Å². The predicted molar refractivity (Wildman–Crippen MR) is 120 cm³/mol. The molecule has 0 fully saturated rings. The van der Waals surface area contributed by atoms with Crippen LogP contribution in [0.15, 0.2) is 54.7 Å². The van der Waals surface area contributed by atoms with Crippen LogP contribution in [0.25, 0.3) is 11.0 Å². The number of H-pyrrole nitrogens is 1. The Morgan fingerprint density at radius 1 is 1.00 bits per heavy atom. The number of imidazole rings is 1. The van der Waals surface area contributed by atoms with E-state index in [1.54, 1.807) is 0 Å². The van der Waals surface area contributed by atoms with Crippen molar-refractivity contribution in [1.82, 2.24) is 24.8 Å². The minimum absolute atomic E-state index is 0.203. The number of aryl methyl sites for hydroxylation is 1. The van der Waals surface area contributed by atoms with Gasteiger partial charge in [0.2, 0.25) is 0 Å². The van der Waals surface area contributed by atoms with Crippen molar-refractivity contribution < 1.29 is 0 Å². The van der Waals surface area contributed by atoms with Crippen molar-refractivity contribution in [1.29, 1.82) is 0 Å². The maximum atomic E-state index is 6.17. The van der Waals surface area contributed by atoms with Crippen molar-refractivity contribution in [2.24, 2.45) is 0 Å². The second-order valence-corrected chi connectivity index (χ2v) is 8.46. The molecule has 1 atom stereocenters. The third-order valence-electron chi connectivity index (χ3n) is 5.61. The molecule has 152 valence electrons. The third kappa shape index (κ3) is 4.06. The largest absolute Gasteiger partial charge is 0.341 e. The van der Waals surface area contributed by atoms with E-state index in [1.165, 1.54) is 5.56 Å². The first-order valence-electron chi connectivity index (χ1n) is 10.1. The summed E-state index contributed by atoms with van der Waals surface area (Å²) in [5.41, 5.74) is 5.54. The van der Waals surface area contributed by atoms with Crippen LogP contribution in [0.1, 0.15) is 41.5 Å². The fourth-order valence-corrected chi connectivity index (χ4v) is 4.84. The number of aromatic amines is 1. The summed E-state index contributed by atoms with van der Waals surface area (Å²) in [6.07, 6.45) is 5.15. The lowest BCUT2D eigenvalue weighted by Crippen LogP contribution is -2.31. The molecule has 0 spiro atoms. The normalized spacial score (nSPS) is 16.2. The second-order valence-electron chi connectivity index (χ2n) is 7.68. The molecule has 0 amide bonds. The zero-order valence-corrected chi connectivity index (χ0v) is 17.9. The molecule has 0 saturated carbocycles. The summed E-state index contributed by atoms with van der Waals surface area (Å²) in [6.45, 7) is 1.35. The van der Waals surface area contributed by atoms with Crippen LogP contribution < -0.4 is 0 Å². The van der Waals surface area contributed by atoms with Gasteiger partial charge in [-0.15, -0.1) is 0 Å². The number of halogens is 2. The summed E-state index contributed by atoms with van der Waals surface area (Å²) >= 11 is 12.3. The number of rotatable bonds is 5. The molecule has 1 unspecified atom stereocenters. The van der Waals surface area contributed by atoms with Crippen LogP contribution in [0.3, 0.4) is 0 Å². The first-order valence-corrected chi connectivity index (χ1v) is 10.8. The third-order valence-corrected chi connectivity index (χ3v) is 5.99. The molecule has 7 heteroatoms. The molecule has 3 heterocycles. The molecule has 1 N–H and O–H groups in total. The first-order chi connectivity index (χ1) is 14.7. The quantitative estimate of drug-likeness (QED) is 0.404. The molecule has 4 aromatic rings. The Kier molecular flexibility index (Phi) is 5.42. The molecule has 0 aliphatic heterocycles. The van der Waals surface area contributed by atoms with Gasteiger partial charge in [-0.3, -0.25) is 9.88 Å². The monoisotopic (exact) mass is 437 g/mol. The van der Waals surface area contributed by atoms with Gasteiger partial charge in [0.15, 0.2) is 0 Å². The van der Waals surface area contributed by atoms with Crippen LogP contribution in [0, 0.1) is 0 Å². The highest BCUT2D eigenvalue weighted by atomic mass is 35.5. The maximum Gasteiger partial charge on any atom is 0.131 e. The summed E-state index contributed by atoms with van der Waals surface area (Å²) in [5.74, 6) is 0.936. The van der Waals surface area contributed by atoms with Gasteiger partial charge in [-0.25, -0.2) is 9.97 Å². The smallest absolute Gasteiger partial charge is 0.131 e. The summed E-state index contributed by atoms with van der Waals surface area (Å²) in [6, 6.07) is 16.3. The SMILES string of the molecule is Clc1cc(CN(Cc2nc3ccccc3[nH]2)C2CCCc3cccnc32)cc(Cl)n1. The summed E-state index contributed by atoms with van der Waals surface area (Å²) in [7, 11) is 0. The van der Waals surface area contributed by atoms with Crippen molar-refractivity contribution in [3.63, 3.8) is 0 Å². The average molecular weight is 438 g/mol. The molecule has 1 aliphatic carbocycles. The van der Waals surface area contributed by atoms with Crippen molar-refractivity contribution in [2.75, 3.05) is 0 Å². The molecule has 30 heavy (non-hydrogen) atoms. The first kappa shape index (κ1) is 19.5. The van der Waals surface area contributed by atoms with Gasteiger partial charge in [-0.1, -0.05) is 41.4 Å². The fourth-order valence-electron chi connectivity index (χ4n) is 4.33. The molecule has 0 saturated heterocycles. The van der Waals surface area contributed by atoms with Crippen molar-refractivity contribution in [2.45, 2.75) is 38.4 Å². The van der Waals surface area contributed by atoms with Crippen LogP contribution in [-0.4, -0.2) is 24.8 Å². The Morgan fingerprint density at radius 2 is 1.83 bits per heavy atom. The minimum Gasteiger partial charge on any atom is -0.341 e. The van der Waals surface area contributed by atoms with Gasteiger partial charge in [0.1, 0.15) is 16.1 Å². The second kappa shape index (κ2) is 8.34. The molecule has 0 bridgehead atoms. The molecule has 1 aromatic carbocycles. The van der Waals surface area contributed by atoms with Gasteiger partial charge in [-0.05, 0) is 60.7 Å². The van der Waals surface area contributed by atoms with E-state index in [1.807, 2.05) is 42.6 Å². The number of hydrogen-bond acceptors (Lipinski definition) is 4. The highest BCUT2D eigenvalue weighted by molar-refractivity contribution is 6.32. The van der Waals surface area contributed by atoms with Gasteiger partial charge >= 0.3 is 0 Å². The number of benzene rings is 1. The summed E-state index contributed by atoms with van der Waals surface area (Å²) < 4.78 is 0. The van der Waals surface area contributed by atoms with Crippen molar-refractivity contribution in [3.8, 4) is 0 Å². The van der Waals surface area contributed by atoms with Crippen LogP contribution in [0.4, 0.5) is 0 Å². The van der Waals surface area contributed by atoms with E-state index in [4.69, 9.17) is 33.2 Å². The van der Waals surface area contributed by atoms with E-state index in [9.17, 15) is 0 Å². The number of aromatic nitrogens is 4. The average Bonchev–Trinajstić information content (AvgIpc) is 3.14. The minimum atomic E-state index is 0.203. The molecule has 5 nitrogen and oxygen atoms in total. The predicted octanol–water partition coefficient (Wildman–Crippen LogP) is 5.74. The topological polar surface area (TPSA) is 57.7 Å². The Labute approximate surface area is 185 Å². The highest BCUT2D eigenvalue weighted by Crippen LogP contribution is 2.35. The highest BCUT2D eigenvalue weighted by Gasteiger charge is 2.28. The van der Waals surface area contributed by atoms with Crippen LogP contribution in [0.2, 0.25) is 10.3 Å². The summed E-state index contributed by atoms with van der Waals surface area (Å²) in [5, 5.41) is 0.812. The van der Waals surface area contributed by atoms with E-state index < -0.39 is 0 Å². The number of hydrogen-bond donors (Lipinski definition) is 1. The molecule has 3 aromatic heterocycles. The van der Waals surface area contributed by atoms with Gasteiger partial charge in [0, 0.05) is 12.7 Å². The fraction of sp³-hybridized carbons (Fsp3) is 0.261. The molecule has 0 radical (unpaired) electrons. The summed E-state index contributed by atoms with van der Waals surface area (Å²) in [4.78, 5) is 19.5. The number of para-hydroxylation sites is 2. The number of nitrogens with one attached hydrogen (secondary N) is 1. The maximum absolute atomic E-state index is 6.17. The Hall–Kier alpha value is -2.47. The van der Waals surface area contributed by atoms with E-state index in [-0.39, 0.29) is 6.04 Å². The van der Waals surface area contributed by atoms with Gasteiger partial charge in [0.25, 0.3) is 0 Å². The van der Waals surface area contributed by atoms with Crippen LogP contribution in [0.5, 0.6) is 0 Å². The van der Waals surface area contributed by atoms with Gasteiger partial charge in [0.05, 0.1) is 29.3 Å². The van der Waals surface area contributed by atoms with Crippen LogP contribution >= 0.6 is 23.2 Å². The molecule has 5 rings (SSSR count). The Balaban J connectivity index is 1.51. The number of nitrogens with zero attached hydrogens (tertiary/aromatic N) is 4. The molecular weight excluding hydrogens is 417 g/mol. The standard InChI is InChI=1S/C23H21Cl2N5/c24-20-11-15(12-21(25)29-20)13-30(14-22-27-17-7-1-2-8-18(17)28-22)19-9-3-5-16-6-4-10-26-23(16)19/h1-2,4,6-8,10-12,19H,3,5,9,13-14H2,(H,27,28). The van der Waals surface area contributed by atoms with E-state index in [0.29, 0.717) is 23.4 Å². The number of fused-ring (bicyclic) bond motifs is 2. The lowest BCUT2D eigenvalue weighted by atomic mass is 9.90. The van der Waals surface area contributed by atoms with Crippen LogP contribution in [-0.2, 0) is 19.5 Å². The Morgan fingerprint density at radius 3 is 2.67 bits per heavy atom. The zero-order chi connectivity index (χ0) is 20.5. The lowest BCUT2D eigenvalue weighted by Gasteiger charge is -2.34.